The van der Waals surface area contributed by atoms with E-state index in [0.29, 0.717) is 0 Å². The average molecular weight is 216 g/mol. The second-order valence-electron chi connectivity index (χ2n) is 4.30. The summed E-state index contributed by atoms with van der Waals surface area (Å²) in [6, 6.07) is 0. The molecule has 0 saturated carbocycles. The minimum atomic E-state index is -1.59. The lowest BCUT2D eigenvalue weighted by Gasteiger charge is -2.42. The van der Waals surface area contributed by atoms with Crippen molar-refractivity contribution >= 4 is 11.9 Å². The zero-order valence-corrected chi connectivity index (χ0v) is 9.11. The average Bonchev–Trinajstić information content (AvgIpc) is 2.13. The minimum Gasteiger partial charge on any atom is -0.478 e. The van der Waals surface area contributed by atoms with Crippen LogP contribution in [0.25, 0.3) is 0 Å². The van der Waals surface area contributed by atoms with Crippen LogP contribution in [0.15, 0.2) is 0 Å². The molecule has 15 heavy (non-hydrogen) atoms. The van der Waals surface area contributed by atoms with Crippen LogP contribution in [0.2, 0.25) is 0 Å². The van der Waals surface area contributed by atoms with Crippen molar-refractivity contribution in [3.8, 4) is 0 Å². The van der Waals surface area contributed by atoms with Crippen molar-refractivity contribution in [2.24, 2.45) is 5.92 Å². The van der Waals surface area contributed by atoms with Gasteiger partial charge in [-0.25, -0.2) is 9.59 Å². The van der Waals surface area contributed by atoms with Gasteiger partial charge in [-0.1, -0.05) is 13.8 Å². The number of carboxylic acids is 1. The fraction of sp³-hybridized carbons (Fsp3) is 0.800. The molecule has 0 aliphatic carbocycles. The molecule has 1 rings (SSSR count). The van der Waals surface area contributed by atoms with Gasteiger partial charge in [-0.15, -0.1) is 0 Å². The van der Waals surface area contributed by atoms with E-state index in [0.717, 1.165) is 0 Å². The van der Waals surface area contributed by atoms with Gasteiger partial charge >= 0.3 is 11.9 Å². The highest BCUT2D eigenvalue weighted by Gasteiger charge is 2.54. The number of ether oxygens (including phenoxy) is 1. The van der Waals surface area contributed by atoms with E-state index in [4.69, 9.17) is 9.84 Å². The Bertz CT molecular complexity index is 296. The molecule has 86 valence electrons. The van der Waals surface area contributed by atoms with Crippen molar-refractivity contribution in [2.75, 3.05) is 0 Å². The van der Waals surface area contributed by atoms with Gasteiger partial charge < -0.3 is 14.9 Å². The highest BCUT2D eigenvalue weighted by Crippen LogP contribution is 2.38. The number of carbonyl (C=O) groups is 2. The number of hydrogen-bond donors (Lipinski definition) is 2. The second kappa shape index (κ2) is 3.48. The maximum Gasteiger partial charge on any atom is 0.348 e. The van der Waals surface area contributed by atoms with E-state index in [9.17, 15) is 14.7 Å². The summed E-state index contributed by atoms with van der Waals surface area (Å²) in [5.41, 5.74) is -3.06. The van der Waals surface area contributed by atoms with Crippen molar-refractivity contribution < 1.29 is 24.5 Å². The predicted molar refractivity (Wildman–Crippen MR) is 51.2 cm³/mol. The van der Waals surface area contributed by atoms with Gasteiger partial charge in [-0.3, -0.25) is 0 Å². The molecule has 0 aromatic carbocycles. The summed E-state index contributed by atoms with van der Waals surface area (Å²) >= 11 is 0. The van der Waals surface area contributed by atoms with Gasteiger partial charge in [-0.2, -0.15) is 0 Å². The SMILES string of the molecule is CC[C@]1(C(=O)O)C[C@@H](C)[C@](C)(O)C(=O)O1. The van der Waals surface area contributed by atoms with Crippen LogP contribution in [0.1, 0.15) is 33.6 Å². The summed E-state index contributed by atoms with van der Waals surface area (Å²) in [5, 5.41) is 18.8. The van der Waals surface area contributed by atoms with E-state index in [1.165, 1.54) is 6.92 Å². The van der Waals surface area contributed by atoms with Gasteiger partial charge in [0, 0.05) is 6.42 Å². The zero-order chi connectivity index (χ0) is 11.9. The predicted octanol–water partition coefficient (Wildman–Crippen LogP) is 0.554. The number of cyclic esters (lactones) is 1. The van der Waals surface area contributed by atoms with Gasteiger partial charge in [0.05, 0.1) is 0 Å². The van der Waals surface area contributed by atoms with Crippen LogP contribution in [0.4, 0.5) is 0 Å². The number of aliphatic hydroxyl groups is 1. The minimum absolute atomic E-state index is 0.136. The smallest absolute Gasteiger partial charge is 0.348 e. The standard InChI is InChI=1S/C10H16O5/c1-4-10(7(11)12)5-6(2)9(3,14)8(13)15-10/h6,14H,4-5H2,1-3H3,(H,11,12)/t6-,9+,10-/m1/s1. The molecule has 0 aromatic heterocycles. The molecule has 0 aromatic rings. The summed E-state index contributed by atoms with van der Waals surface area (Å²) in [7, 11) is 0. The first-order valence-electron chi connectivity index (χ1n) is 4.95. The van der Waals surface area contributed by atoms with Gasteiger partial charge in [0.1, 0.15) is 0 Å². The Morgan fingerprint density at radius 1 is 1.67 bits per heavy atom. The topological polar surface area (TPSA) is 83.8 Å². The van der Waals surface area contributed by atoms with Crippen molar-refractivity contribution in [1.82, 2.24) is 0 Å². The molecule has 2 N–H and O–H groups in total. The highest BCUT2D eigenvalue weighted by atomic mass is 16.6. The number of carbonyl (C=O) groups excluding carboxylic acids is 1. The van der Waals surface area contributed by atoms with E-state index < -0.39 is 29.1 Å². The fourth-order valence-electron chi connectivity index (χ4n) is 1.72. The third-order valence-corrected chi connectivity index (χ3v) is 3.26. The van der Waals surface area contributed by atoms with Gasteiger partial charge in [-0.05, 0) is 19.3 Å². The number of rotatable bonds is 2. The monoisotopic (exact) mass is 216 g/mol. The molecular weight excluding hydrogens is 200 g/mol. The first-order chi connectivity index (χ1) is 6.76. The zero-order valence-electron chi connectivity index (χ0n) is 9.11. The van der Waals surface area contributed by atoms with Crippen LogP contribution in [-0.4, -0.2) is 33.4 Å². The molecule has 0 radical (unpaired) electrons. The lowest BCUT2D eigenvalue weighted by atomic mass is 9.77. The fourth-order valence-corrected chi connectivity index (χ4v) is 1.72. The van der Waals surface area contributed by atoms with Crippen LogP contribution in [0.3, 0.4) is 0 Å². The molecule has 0 bridgehead atoms. The molecule has 1 heterocycles. The summed E-state index contributed by atoms with van der Waals surface area (Å²) in [4.78, 5) is 22.5. The Hall–Kier alpha value is -1.10. The van der Waals surface area contributed by atoms with Crippen LogP contribution < -0.4 is 0 Å². The molecule has 1 aliphatic heterocycles. The van der Waals surface area contributed by atoms with Crippen LogP contribution in [-0.2, 0) is 14.3 Å². The number of hydrogen-bond acceptors (Lipinski definition) is 4. The molecular formula is C10H16O5. The molecule has 0 spiro atoms. The molecule has 5 nitrogen and oxygen atoms in total. The summed E-state index contributed by atoms with van der Waals surface area (Å²) < 4.78 is 4.88. The first-order valence-corrected chi connectivity index (χ1v) is 4.95. The number of aliphatic carboxylic acids is 1. The number of esters is 1. The lowest BCUT2D eigenvalue weighted by Crippen LogP contribution is -2.58. The Labute approximate surface area is 88.0 Å². The second-order valence-corrected chi connectivity index (χ2v) is 4.30. The third kappa shape index (κ3) is 1.71. The maximum absolute atomic E-state index is 11.5. The normalized spacial score (nSPS) is 41.1. The van der Waals surface area contributed by atoms with Crippen molar-refractivity contribution in [3.63, 3.8) is 0 Å². The van der Waals surface area contributed by atoms with Gasteiger partial charge in [0.25, 0.3) is 0 Å². The van der Waals surface area contributed by atoms with Crippen LogP contribution in [0, 0.1) is 5.92 Å². The van der Waals surface area contributed by atoms with E-state index in [-0.39, 0.29) is 12.8 Å². The van der Waals surface area contributed by atoms with Crippen molar-refractivity contribution in [1.29, 1.82) is 0 Å². The Morgan fingerprint density at radius 2 is 2.20 bits per heavy atom. The van der Waals surface area contributed by atoms with Crippen LogP contribution >= 0.6 is 0 Å². The Balaban J connectivity index is 3.02. The molecule has 1 fully saturated rings. The Kier molecular flexibility index (Phi) is 2.78. The molecule has 1 aliphatic rings. The molecule has 0 amide bonds. The molecule has 1 saturated heterocycles. The van der Waals surface area contributed by atoms with Crippen molar-refractivity contribution in [3.05, 3.63) is 0 Å². The lowest BCUT2D eigenvalue weighted by molar-refractivity contribution is -0.213. The highest BCUT2D eigenvalue weighted by molar-refractivity contribution is 5.87. The summed E-state index contributed by atoms with van der Waals surface area (Å²) in [6.07, 6.45) is 0.339. The van der Waals surface area contributed by atoms with Gasteiger partial charge in [0.15, 0.2) is 5.60 Å². The van der Waals surface area contributed by atoms with Gasteiger partial charge in [0.2, 0.25) is 5.60 Å². The van der Waals surface area contributed by atoms with Crippen LogP contribution in [0.5, 0.6) is 0 Å². The number of carboxylic acid groups (broad SMARTS) is 1. The Morgan fingerprint density at radius 3 is 2.53 bits per heavy atom. The molecule has 0 unspecified atom stereocenters. The maximum atomic E-state index is 11.5. The third-order valence-electron chi connectivity index (χ3n) is 3.26. The summed E-state index contributed by atoms with van der Waals surface area (Å²) in [6.45, 7) is 4.64. The summed E-state index contributed by atoms with van der Waals surface area (Å²) in [5.74, 6) is -2.44. The van der Waals surface area contributed by atoms with E-state index in [1.54, 1.807) is 13.8 Å². The first kappa shape index (κ1) is 12.0. The van der Waals surface area contributed by atoms with E-state index in [2.05, 4.69) is 0 Å². The quantitative estimate of drug-likeness (QED) is 0.659. The van der Waals surface area contributed by atoms with E-state index >= 15 is 0 Å². The molecule has 5 heteroatoms. The molecule has 3 atom stereocenters. The largest absolute Gasteiger partial charge is 0.478 e. The van der Waals surface area contributed by atoms with E-state index in [1.807, 2.05) is 0 Å². The van der Waals surface area contributed by atoms with Crippen molar-refractivity contribution in [2.45, 2.75) is 44.8 Å².